The minimum absolute atomic E-state index is 0.390. The molecular weight excluding hydrogens is 1000 g/mol. The second-order valence-electron chi connectivity index (χ2n) is 17.3. The van der Waals surface area contributed by atoms with Crippen molar-refractivity contribution in [1.29, 1.82) is 0 Å². The van der Waals surface area contributed by atoms with E-state index in [1.165, 1.54) is 71.3 Å². The summed E-state index contributed by atoms with van der Waals surface area (Å²) in [5, 5.41) is 0. The quantitative estimate of drug-likeness (QED) is 0.0926. The predicted molar refractivity (Wildman–Crippen MR) is 305 cm³/mol. The van der Waals surface area contributed by atoms with E-state index in [1.807, 2.05) is 72.8 Å². The lowest BCUT2D eigenvalue weighted by molar-refractivity contribution is 0.447. The summed E-state index contributed by atoms with van der Waals surface area (Å²) in [6.07, 6.45) is 19.7. The van der Waals surface area contributed by atoms with E-state index in [0.29, 0.717) is 11.1 Å². The summed E-state index contributed by atoms with van der Waals surface area (Å²) in [5.74, 6) is 28.5. The molecule has 0 amide bonds. The van der Waals surface area contributed by atoms with E-state index in [2.05, 4.69) is 153 Å². The Morgan fingerprint density at radius 2 is 0.375 bits per heavy atom. The SMILES string of the molecule is C(#Cc1ccc(-c2ccc(C#Cc3ccncc3)cc2)cc1)c1ccncc1.Cc1c(C)c(C#Cc2ccncc2)c(C)c(C)c1C#Cc1ccncc1.Fc1c(F)c(C#Cc2ccncc2)c(F)c(F)c1C#Cc1ccncc1. The van der Waals surface area contributed by atoms with Crippen molar-refractivity contribution in [1.82, 2.24) is 29.9 Å². The van der Waals surface area contributed by atoms with Gasteiger partial charge in [0, 0.05) is 130 Å². The zero-order valence-corrected chi connectivity index (χ0v) is 43.7. The molecule has 10 aromatic rings. The van der Waals surface area contributed by atoms with Crippen molar-refractivity contribution in [2.45, 2.75) is 27.7 Å². The van der Waals surface area contributed by atoms with Gasteiger partial charge in [-0.2, -0.15) is 0 Å². The molecule has 4 aromatic carbocycles. The Morgan fingerprint density at radius 3 is 0.575 bits per heavy atom. The van der Waals surface area contributed by atoms with Gasteiger partial charge in [-0.15, -0.1) is 0 Å². The van der Waals surface area contributed by atoms with Crippen molar-refractivity contribution in [2.75, 3.05) is 0 Å². The molecule has 0 aliphatic carbocycles. The van der Waals surface area contributed by atoms with Crippen molar-refractivity contribution in [3.8, 4) is 82.2 Å². The first-order valence-corrected chi connectivity index (χ1v) is 24.7. The van der Waals surface area contributed by atoms with Gasteiger partial charge in [0.1, 0.15) is 11.1 Å². The molecule has 10 rings (SSSR count). The van der Waals surface area contributed by atoms with E-state index in [4.69, 9.17) is 0 Å². The molecule has 0 saturated heterocycles. The number of hydrogen-bond donors (Lipinski definition) is 0. The molecule has 0 unspecified atom stereocenters. The van der Waals surface area contributed by atoms with Crippen LogP contribution in [0.1, 0.15) is 89.0 Å². The molecule has 6 aromatic heterocycles. The van der Waals surface area contributed by atoms with Crippen LogP contribution in [0.2, 0.25) is 0 Å². The average molecular weight is 1050 g/mol. The summed E-state index contributed by atoms with van der Waals surface area (Å²) in [6.45, 7) is 8.48. The van der Waals surface area contributed by atoms with Crippen LogP contribution in [0.15, 0.2) is 196 Å². The second kappa shape index (κ2) is 27.6. The molecule has 382 valence electrons. The van der Waals surface area contributed by atoms with Crippen LogP contribution in [-0.4, -0.2) is 29.9 Å². The number of rotatable bonds is 1. The maximum Gasteiger partial charge on any atom is 0.178 e. The molecule has 0 fully saturated rings. The van der Waals surface area contributed by atoms with Crippen LogP contribution in [0.3, 0.4) is 0 Å². The van der Waals surface area contributed by atoms with Gasteiger partial charge in [0.05, 0.1) is 0 Å². The van der Waals surface area contributed by atoms with Gasteiger partial charge < -0.3 is 0 Å². The Kier molecular flexibility index (Phi) is 19.0. The second-order valence-corrected chi connectivity index (χ2v) is 17.3. The Balaban J connectivity index is 0.000000158. The molecule has 0 aliphatic rings. The summed E-state index contributed by atoms with van der Waals surface area (Å²) in [7, 11) is 0. The predicted octanol–water partition coefficient (Wildman–Crippen LogP) is 13.3. The van der Waals surface area contributed by atoms with Crippen LogP contribution in [0.5, 0.6) is 0 Å². The summed E-state index contributed by atoms with van der Waals surface area (Å²) in [6, 6.07) is 37.8. The first-order valence-electron chi connectivity index (χ1n) is 24.7. The van der Waals surface area contributed by atoms with Crippen molar-refractivity contribution in [3.05, 3.63) is 308 Å². The molecule has 0 N–H and O–H groups in total. The molecule has 0 radical (unpaired) electrons. The van der Waals surface area contributed by atoms with Crippen molar-refractivity contribution in [3.63, 3.8) is 0 Å². The normalized spacial score (nSPS) is 9.65. The third-order valence-corrected chi connectivity index (χ3v) is 12.1. The van der Waals surface area contributed by atoms with Crippen LogP contribution in [0.25, 0.3) is 11.1 Å². The zero-order valence-electron chi connectivity index (χ0n) is 43.7. The maximum absolute atomic E-state index is 14.2. The Morgan fingerprint density at radius 1 is 0.212 bits per heavy atom. The Bertz CT molecular complexity index is 3670. The third-order valence-electron chi connectivity index (χ3n) is 12.1. The van der Waals surface area contributed by atoms with Gasteiger partial charge in [-0.25, -0.2) is 17.6 Å². The lowest BCUT2D eigenvalue weighted by Gasteiger charge is -2.14. The molecule has 0 bridgehead atoms. The lowest BCUT2D eigenvalue weighted by Crippen LogP contribution is -2.04. The standard InChI is InChI=1S/C26H16N2.C24H20N2.C20H8F4N2/c1(3-23-13-17-27-18-14-23)21-5-9-25(10-6-21)26-11-7-22(8-12-26)2-4-24-15-19-28-20-16-24;1-17-18(2)24(8-6-22-11-15-26-16-12-22)20(4)19(3)23(17)7-5-21-9-13-25-14-10-21;21-17-15(3-1-13-5-9-25-10-6-13)18(22)20(24)16(19(17)23)4-2-14-7-11-26-12-8-14/h5-20H;9-16H,1-4H3;5-12H. The molecule has 0 saturated carbocycles. The highest BCUT2D eigenvalue weighted by Gasteiger charge is 2.24. The monoisotopic (exact) mass is 1040 g/mol. The molecule has 6 nitrogen and oxygen atoms in total. The van der Waals surface area contributed by atoms with Crippen LogP contribution in [0, 0.1) is 122 Å². The fourth-order valence-corrected chi connectivity index (χ4v) is 7.47. The molecule has 10 heteroatoms. The Labute approximate surface area is 463 Å². The number of aromatic nitrogens is 6. The summed E-state index contributed by atoms with van der Waals surface area (Å²) in [4.78, 5) is 23.6. The van der Waals surface area contributed by atoms with Crippen molar-refractivity contribution >= 4 is 0 Å². The Hall–Kier alpha value is -11.1. The number of halogens is 4. The van der Waals surface area contributed by atoms with Crippen LogP contribution < -0.4 is 0 Å². The topological polar surface area (TPSA) is 77.3 Å². The minimum atomic E-state index is -1.59. The number of pyridine rings is 6. The summed E-state index contributed by atoms with van der Waals surface area (Å²) < 4.78 is 56.6. The van der Waals surface area contributed by atoms with Gasteiger partial charge in [-0.05, 0) is 158 Å². The minimum Gasteiger partial charge on any atom is -0.265 e. The molecular formula is C70H44F4N6. The van der Waals surface area contributed by atoms with E-state index < -0.39 is 34.4 Å². The van der Waals surface area contributed by atoms with E-state index in [0.717, 1.165) is 55.6 Å². The molecule has 0 atom stereocenters. The highest BCUT2D eigenvalue weighted by molar-refractivity contribution is 5.66. The first-order chi connectivity index (χ1) is 39.0. The summed E-state index contributed by atoms with van der Waals surface area (Å²) in [5.41, 5.74) is 13.9. The van der Waals surface area contributed by atoms with Gasteiger partial charge in [-0.1, -0.05) is 95.3 Å². The number of hydrogen-bond acceptors (Lipinski definition) is 6. The summed E-state index contributed by atoms with van der Waals surface area (Å²) >= 11 is 0. The van der Waals surface area contributed by atoms with Gasteiger partial charge >= 0.3 is 0 Å². The van der Waals surface area contributed by atoms with Gasteiger partial charge in [-0.3, -0.25) is 29.9 Å². The average Bonchev–Trinajstić information content (AvgIpc) is 3.52. The van der Waals surface area contributed by atoms with Gasteiger partial charge in [0.15, 0.2) is 23.3 Å². The molecule has 80 heavy (non-hydrogen) atoms. The van der Waals surface area contributed by atoms with E-state index in [1.54, 1.807) is 49.6 Å². The van der Waals surface area contributed by atoms with Crippen molar-refractivity contribution < 1.29 is 17.6 Å². The maximum atomic E-state index is 14.2. The largest absolute Gasteiger partial charge is 0.265 e. The fraction of sp³-hybridized carbons (Fsp3) is 0.0571. The highest BCUT2D eigenvalue weighted by atomic mass is 19.2. The lowest BCUT2D eigenvalue weighted by atomic mass is 9.89. The first kappa shape index (κ1) is 55.1. The molecule has 6 heterocycles. The van der Waals surface area contributed by atoms with Gasteiger partial charge in [0.2, 0.25) is 0 Å². The van der Waals surface area contributed by atoms with Crippen LogP contribution in [0.4, 0.5) is 17.6 Å². The molecule has 0 aliphatic heterocycles. The van der Waals surface area contributed by atoms with E-state index in [9.17, 15) is 17.6 Å². The van der Waals surface area contributed by atoms with Crippen LogP contribution >= 0.6 is 0 Å². The smallest absolute Gasteiger partial charge is 0.178 e. The van der Waals surface area contributed by atoms with Gasteiger partial charge in [0.25, 0.3) is 0 Å². The zero-order chi connectivity index (χ0) is 56.1. The fourth-order valence-electron chi connectivity index (χ4n) is 7.47. The third kappa shape index (κ3) is 15.0. The van der Waals surface area contributed by atoms with Crippen molar-refractivity contribution in [2.24, 2.45) is 0 Å². The number of benzene rings is 4. The van der Waals surface area contributed by atoms with E-state index in [-0.39, 0.29) is 0 Å². The highest BCUT2D eigenvalue weighted by Crippen LogP contribution is 2.27. The molecule has 0 spiro atoms. The van der Waals surface area contributed by atoms with Crippen LogP contribution in [-0.2, 0) is 0 Å². The van der Waals surface area contributed by atoms with E-state index >= 15 is 0 Å². The number of nitrogens with zero attached hydrogens (tertiary/aromatic N) is 6.